The summed E-state index contributed by atoms with van der Waals surface area (Å²) in [5.74, 6) is 0.984. The van der Waals surface area contributed by atoms with Crippen molar-refractivity contribution in [2.24, 2.45) is 0 Å². The summed E-state index contributed by atoms with van der Waals surface area (Å²) >= 11 is 0. The molecule has 202 valence electrons. The van der Waals surface area contributed by atoms with Crippen LogP contribution in [0.2, 0.25) is 0 Å². The monoisotopic (exact) mass is 514 g/mol. The van der Waals surface area contributed by atoms with Gasteiger partial charge in [-0.15, -0.1) is 0 Å². The number of hydrogen-bond acceptors (Lipinski definition) is 3. The van der Waals surface area contributed by atoms with E-state index in [4.69, 9.17) is 9.47 Å². The van der Waals surface area contributed by atoms with Crippen molar-refractivity contribution in [1.29, 1.82) is 0 Å². The molecule has 0 bridgehead atoms. The van der Waals surface area contributed by atoms with Crippen molar-refractivity contribution in [1.82, 2.24) is 0 Å². The molecule has 2 aromatic carbocycles. The van der Waals surface area contributed by atoms with E-state index in [1.807, 2.05) is 13.0 Å². The third kappa shape index (κ3) is 7.56. The van der Waals surface area contributed by atoms with Gasteiger partial charge in [0.25, 0.3) is 0 Å². The molecule has 0 heterocycles. The summed E-state index contributed by atoms with van der Waals surface area (Å²) in [6, 6.07) is 13.2. The van der Waals surface area contributed by atoms with Crippen LogP contribution >= 0.6 is 8.58 Å². The minimum absolute atomic E-state index is 0.0120. The lowest BCUT2D eigenvalue weighted by Gasteiger charge is -2.39. The molecule has 3 nitrogen and oxygen atoms in total. The molecular formula is C32H51O3P. The molecule has 0 saturated carbocycles. The van der Waals surface area contributed by atoms with Crippen molar-refractivity contribution in [3.63, 3.8) is 0 Å². The molecule has 0 aliphatic heterocycles. The molecule has 0 aromatic heterocycles. The molecule has 0 fully saturated rings. The van der Waals surface area contributed by atoms with Crippen LogP contribution in [0.15, 0.2) is 36.4 Å². The number of methoxy groups -OCH3 is 1. The topological polar surface area (TPSA) is 38.7 Å². The van der Waals surface area contributed by atoms with E-state index >= 15 is 0 Å². The van der Waals surface area contributed by atoms with Gasteiger partial charge in [-0.05, 0) is 47.0 Å². The molecule has 0 aliphatic carbocycles. The zero-order chi connectivity index (χ0) is 27.1. The molecule has 3 unspecified atom stereocenters. The standard InChI is InChI=1S/C32H51O3P/c1-11-13-16-19-32(12-2,36-28-18-15-14-17-25(28)23(3)33)27-21-24(30(4,5)6)20-26(31(7,8)9)29(27)35-22-34-10/h14-15,17-18,20-21,23,33,36H,11-13,16,19,22H2,1-10H3. The Balaban J connectivity index is 2.91. The Bertz CT molecular complexity index is 968. The van der Waals surface area contributed by atoms with Gasteiger partial charge in [0.05, 0.1) is 6.10 Å². The van der Waals surface area contributed by atoms with Crippen LogP contribution in [0.25, 0.3) is 0 Å². The van der Waals surface area contributed by atoms with Crippen molar-refractivity contribution < 1.29 is 14.6 Å². The predicted molar refractivity (Wildman–Crippen MR) is 157 cm³/mol. The summed E-state index contributed by atoms with van der Waals surface area (Å²) in [7, 11) is 2.22. The fraction of sp³-hybridized carbons (Fsp3) is 0.625. The lowest BCUT2D eigenvalue weighted by Crippen LogP contribution is -2.28. The molecule has 1 N–H and O–H groups in total. The average Bonchev–Trinajstić information content (AvgIpc) is 2.80. The van der Waals surface area contributed by atoms with Gasteiger partial charge in [0.2, 0.25) is 0 Å². The maximum Gasteiger partial charge on any atom is 0.188 e. The molecular weight excluding hydrogens is 463 g/mol. The Kier molecular flexibility index (Phi) is 11.0. The van der Waals surface area contributed by atoms with Crippen LogP contribution in [-0.2, 0) is 20.7 Å². The fourth-order valence-electron chi connectivity index (χ4n) is 4.88. The molecule has 4 heteroatoms. The Morgan fingerprint density at radius 1 is 0.917 bits per heavy atom. The second kappa shape index (κ2) is 12.9. The first-order valence-electron chi connectivity index (χ1n) is 13.7. The van der Waals surface area contributed by atoms with Crippen molar-refractivity contribution in [3.05, 3.63) is 58.7 Å². The quantitative estimate of drug-likeness (QED) is 0.175. The largest absolute Gasteiger partial charge is 0.467 e. The summed E-state index contributed by atoms with van der Waals surface area (Å²) in [4.78, 5) is 0. The normalized spacial score (nSPS) is 15.3. The number of benzene rings is 2. The van der Waals surface area contributed by atoms with Gasteiger partial charge >= 0.3 is 0 Å². The Morgan fingerprint density at radius 2 is 1.56 bits per heavy atom. The second-order valence-electron chi connectivity index (χ2n) is 12.2. The van der Waals surface area contributed by atoms with Crippen molar-refractivity contribution >= 4 is 13.9 Å². The van der Waals surface area contributed by atoms with Gasteiger partial charge in [-0.25, -0.2) is 0 Å². The summed E-state index contributed by atoms with van der Waals surface area (Å²) in [5.41, 5.74) is 4.85. The summed E-state index contributed by atoms with van der Waals surface area (Å²) in [5, 5.41) is 11.8. The van der Waals surface area contributed by atoms with Crippen molar-refractivity contribution in [2.75, 3.05) is 13.9 Å². The Morgan fingerprint density at radius 3 is 2.08 bits per heavy atom. The average molecular weight is 515 g/mol. The highest BCUT2D eigenvalue weighted by molar-refractivity contribution is 7.48. The van der Waals surface area contributed by atoms with E-state index in [0.29, 0.717) is 8.58 Å². The predicted octanol–water partition coefficient (Wildman–Crippen LogP) is 8.51. The molecule has 0 radical (unpaired) electrons. The minimum Gasteiger partial charge on any atom is -0.467 e. The van der Waals surface area contributed by atoms with Crippen LogP contribution in [0.3, 0.4) is 0 Å². The van der Waals surface area contributed by atoms with Crippen LogP contribution in [0.5, 0.6) is 5.75 Å². The van der Waals surface area contributed by atoms with E-state index in [9.17, 15) is 5.11 Å². The number of rotatable bonds is 12. The van der Waals surface area contributed by atoms with E-state index in [1.54, 1.807) is 7.11 Å². The molecule has 2 rings (SSSR count). The number of hydrogen-bond donors (Lipinski definition) is 1. The van der Waals surface area contributed by atoms with Gasteiger partial charge in [-0.2, -0.15) is 0 Å². The first-order valence-corrected chi connectivity index (χ1v) is 14.7. The van der Waals surface area contributed by atoms with Crippen LogP contribution in [0.4, 0.5) is 0 Å². The molecule has 2 aromatic rings. The fourth-order valence-corrected chi connectivity index (χ4v) is 6.81. The van der Waals surface area contributed by atoms with Gasteiger partial charge in [-0.3, -0.25) is 0 Å². The zero-order valence-corrected chi connectivity index (χ0v) is 25.5. The maximum atomic E-state index is 10.6. The van der Waals surface area contributed by atoms with Crippen LogP contribution in [-0.4, -0.2) is 19.0 Å². The third-order valence-electron chi connectivity index (χ3n) is 7.20. The first-order chi connectivity index (χ1) is 16.8. The number of aliphatic hydroxyl groups is 1. The van der Waals surface area contributed by atoms with E-state index in [0.717, 1.165) is 24.2 Å². The highest BCUT2D eigenvalue weighted by atomic mass is 31.1. The SMILES string of the molecule is CCCCCC(CC)(Pc1ccccc1C(C)O)c1cc(C(C)(C)C)cc(C(C)(C)C)c1OCOC. The van der Waals surface area contributed by atoms with Crippen LogP contribution < -0.4 is 10.0 Å². The number of aliphatic hydroxyl groups excluding tert-OH is 1. The third-order valence-corrected chi connectivity index (χ3v) is 9.27. The van der Waals surface area contributed by atoms with Gasteiger partial charge in [0, 0.05) is 23.4 Å². The minimum atomic E-state index is -0.492. The molecule has 0 saturated heterocycles. The van der Waals surface area contributed by atoms with Crippen LogP contribution in [0, 0.1) is 0 Å². The molecule has 3 atom stereocenters. The van der Waals surface area contributed by atoms with E-state index in [-0.39, 0.29) is 22.8 Å². The Labute approximate surface area is 223 Å². The number of ether oxygens (including phenoxy) is 2. The first kappa shape index (κ1) is 30.8. The lowest BCUT2D eigenvalue weighted by atomic mass is 9.76. The van der Waals surface area contributed by atoms with Gasteiger partial charge in [0.1, 0.15) is 5.75 Å². The Hall–Kier alpha value is -1.41. The van der Waals surface area contributed by atoms with Gasteiger partial charge < -0.3 is 14.6 Å². The van der Waals surface area contributed by atoms with E-state index in [2.05, 4.69) is 85.7 Å². The smallest absolute Gasteiger partial charge is 0.188 e. The second-order valence-corrected chi connectivity index (χ2v) is 14.0. The zero-order valence-electron chi connectivity index (χ0n) is 24.5. The number of unbranched alkanes of at least 4 members (excludes halogenated alkanes) is 2. The molecule has 0 aliphatic rings. The van der Waals surface area contributed by atoms with Gasteiger partial charge in [0.15, 0.2) is 6.79 Å². The van der Waals surface area contributed by atoms with Gasteiger partial charge in [-0.1, -0.05) is 120 Å². The van der Waals surface area contributed by atoms with Crippen molar-refractivity contribution in [2.45, 2.75) is 117 Å². The van der Waals surface area contributed by atoms with Crippen molar-refractivity contribution in [3.8, 4) is 5.75 Å². The summed E-state index contributed by atoms with van der Waals surface area (Å²) in [6.45, 7) is 20.4. The highest BCUT2D eigenvalue weighted by Crippen LogP contribution is 2.54. The molecule has 0 spiro atoms. The lowest BCUT2D eigenvalue weighted by molar-refractivity contribution is 0.0485. The molecule has 36 heavy (non-hydrogen) atoms. The highest BCUT2D eigenvalue weighted by Gasteiger charge is 2.38. The summed E-state index contributed by atoms with van der Waals surface area (Å²) in [6.07, 6.45) is 5.17. The van der Waals surface area contributed by atoms with E-state index in [1.165, 1.54) is 41.3 Å². The van der Waals surface area contributed by atoms with Crippen LogP contribution in [0.1, 0.15) is 123 Å². The summed E-state index contributed by atoms with van der Waals surface area (Å²) < 4.78 is 11.9. The van der Waals surface area contributed by atoms with E-state index < -0.39 is 6.10 Å². The maximum absolute atomic E-state index is 10.6. The molecule has 0 amide bonds.